The van der Waals surface area contributed by atoms with Crippen molar-refractivity contribution in [3.05, 3.63) is 29.8 Å². The van der Waals surface area contributed by atoms with Crippen LogP contribution < -0.4 is 4.74 Å². The highest BCUT2D eigenvalue weighted by Crippen LogP contribution is 2.18. The first-order valence-electron chi connectivity index (χ1n) is 8.31. The van der Waals surface area contributed by atoms with Crippen molar-refractivity contribution in [2.75, 3.05) is 40.5 Å². The first-order chi connectivity index (χ1) is 11.6. The lowest BCUT2D eigenvalue weighted by Gasteiger charge is -2.31. The maximum absolute atomic E-state index is 11.5. The molecule has 0 saturated carbocycles. The molecule has 1 saturated heterocycles. The van der Waals surface area contributed by atoms with Crippen molar-refractivity contribution >= 4 is 5.97 Å². The first kappa shape index (κ1) is 18.7. The molecule has 0 aliphatic carbocycles. The number of hydrogen-bond acceptors (Lipinski definition) is 6. The summed E-state index contributed by atoms with van der Waals surface area (Å²) in [5.41, 5.74) is 1.04. The molecule has 0 radical (unpaired) electrons. The van der Waals surface area contributed by atoms with Gasteiger partial charge < -0.3 is 24.2 Å². The van der Waals surface area contributed by atoms with Gasteiger partial charge in [-0.3, -0.25) is 4.79 Å². The van der Waals surface area contributed by atoms with Gasteiger partial charge in [-0.25, -0.2) is 0 Å². The Hall–Kier alpha value is -1.63. The molecule has 24 heavy (non-hydrogen) atoms. The summed E-state index contributed by atoms with van der Waals surface area (Å²) in [4.78, 5) is 13.7. The van der Waals surface area contributed by atoms with Crippen LogP contribution in [0.15, 0.2) is 24.3 Å². The van der Waals surface area contributed by atoms with Crippen molar-refractivity contribution in [2.24, 2.45) is 5.92 Å². The van der Waals surface area contributed by atoms with Gasteiger partial charge in [0.15, 0.2) is 0 Å². The Kier molecular flexibility index (Phi) is 7.49. The van der Waals surface area contributed by atoms with Crippen molar-refractivity contribution in [3.63, 3.8) is 0 Å². The highest BCUT2D eigenvalue weighted by molar-refractivity contribution is 5.72. The van der Waals surface area contributed by atoms with Crippen LogP contribution in [0.4, 0.5) is 0 Å². The molecular weight excluding hydrogens is 310 g/mol. The summed E-state index contributed by atoms with van der Waals surface area (Å²) in [6, 6.07) is 7.67. The summed E-state index contributed by atoms with van der Waals surface area (Å²) >= 11 is 0. The fourth-order valence-corrected chi connectivity index (χ4v) is 2.90. The van der Waals surface area contributed by atoms with Gasteiger partial charge in [0, 0.05) is 6.54 Å². The SMILES string of the molecule is COC(=O)C1CCN(C[C@H](O)COCc2ccc(OC)cc2)CC1. The number of rotatable bonds is 8. The molecule has 1 aliphatic heterocycles. The maximum atomic E-state index is 11.5. The van der Waals surface area contributed by atoms with E-state index in [1.807, 2.05) is 24.3 Å². The quantitative estimate of drug-likeness (QED) is 0.725. The van der Waals surface area contributed by atoms with E-state index < -0.39 is 6.10 Å². The van der Waals surface area contributed by atoms with Gasteiger partial charge in [-0.2, -0.15) is 0 Å². The minimum Gasteiger partial charge on any atom is -0.497 e. The first-order valence-corrected chi connectivity index (χ1v) is 8.31. The fraction of sp³-hybridized carbons (Fsp3) is 0.611. The van der Waals surface area contributed by atoms with Crippen LogP contribution in [0.25, 0.3) is 0 Å². The largest absolute Gasteiger partial charge is 0.497 e. The Labute approximate surface area is 143 Å². The number of benzene rings is 1. The normalized spacial score (nSPS) is 17.5. The van der Waals surface area contributed by atoms with Crippen LogP contribution in [-0.2, 0) is 20.9 Å². The number of carbonyl (C=O) groups is 1. The summed E-state index contributed by atoms with van der Waals surface area (Å²) in [5.74, 6) is 0.682. The van der Waals surface area contributed by atoms with E-state index in [9.17, 15) is 9.90 Å². The van der Waals surface area contributed by atoms with Crippen molar-refractivity contribution in [2.45, 2.75) is 25.6 Å². The molecule has 1 aromatic rings. The number of esters is 1. The molecule has 0 unspecified atom stereocenters. The number of hydrogen-bond donors (Lipinski definition) is 1. The summed E-state index contributed by atoms with van der Waals surface area (Å²) in [5, 5.41) is 10.1. The molecule has 0 amide bonds. The third-order valence-corrected chi connectivity index (χ3v) is 4.33. The molecule has 1 N–H and O–H groups in total. The zero-order valence-electron chi connectivity index (χ0n) is 14.4. The van der Waals surface area contributed by atoms with Gasteiger partial charge in [-0.1, -0.05) is 12.1 Å². The molecule has 1 atom stereocenters. The van der Waals surface area contributed by atoms with Crippen LogP contribution in [0.3, 0.4) is 0 Å². The van der Waals surface area contributed by atoms with E-state index in [-0.39, 0.29) is 11.9 Å². The molecular formula is C18H27NO5. The summed E-state index contributed by atoms with van der Waals surface area (Å²) in [7, 11) is 3.06. The van der Waals surface area contributed by atoms with Crippen molar-refractivity contribution < 1.29 is 24.1 Å². The predicted molar refractivity (Wildman–Crippen MR) is 89.8 cm³/mol. The third kappa shape index (κ3) is 5.78. The van der Waals surface area contributed by atoms with Crippen molar-refractivity contribution in [1.29, 1.82) is 0 Å². The lowest BCUT2D eigenvalue weighted by atomic mass is 9.97. The smallest absolute Gasteiger partial charge is 0.308 e. The second-order valence-electron chi connectivity index (χ2n) is 6.12. The number of likely N-dealkylation sites (tertiary alicyclic amines) is 1. The van der Waals surface area contributed by atoms with E-state index >= 15 is 0 Å². The molecule has 6 nitrogen and oxygen atoms in total. The third-order valence-electron chi connectivity index (χ3n) is 4.33. The number of ether oxygens (including phenoxy) is 3. The summed E-state index contributed by atoms with van der Waals surface area (Å²) < 4.78 is 15.5. The number of aliphatic hydroxyl groups is 1. The number of piperidine rings is 1. The lowest BCUT2D eigenvalue weighted by molar-refractivity contribution is -0.147. The standard InChI is InChI=1S/C18H27NO5/c1-22-17-5-3-14(4-6-17)12-24-13-16(20)11-19-9-7-15(8-10-19)18(21)23-2/h3-6,15-16,20H,7-13H2,1-2H3/t16-/m0/s1. The van der Waals surface area contributed by atoms with Gasteiger partial charge in [0.05, 0.1) is 39.5 Å². The van der Waals surface area contributed by atoms with Crippen LogP contribution in [0, 0.1) is 5.92 Å². The Bertz CT molecular complexity index is 497. The minimum absolute atomic E-state index is 0.00489. The topological polar surface area (TPSA) is 68.2 Å². The van der Waals surface area contributed by atoms with Crippen LogP contribution in [0.5, 0.6) is 5.75 Å². The second-order valence-corrected chi connectivity index (χ2v) is 6.12. The van der Waals surface area contributed by atoms with Gasteiger partial charge in [0.2, 0.25) is 0 Å². The number of nitrogens with zero attached hydrogens (tertiary/aromatic N) is 1. The Balaban J connectivity index is 1.63. The second kappa shape index (κ2) is 9.61. The zero-order chi connectivity index (χ0) is 17.4. The number of carbonyl (C=O) groups excluding carboxylic acids is 1. The molecule has 0 spiro atoms. The molecule has 1 aliphatic rings. The van der Waals surface area contributed by atoms with Crippen LogP contribution in [0.1, 0.15) is 18.4 Å². The molecule has 1 aromatic carbocycles. The molecule has 134 valence electrons. The van der Waals surface area contributed by atoms with E-state index in [0.29, 0.717) is 19.8 Å². The number of methoxy groups -OCH3 is 2. The van der Waals surface area contributed by atoms with E-state index in [2.05, 4.69) is 4.90 Å². The molecule has 0 aromatic heterocycles. The lowest BCUT2D eigenvalue weighted by Crippen LogP contribution is -2.41. The van der Waals surface area contributed by atoms with Crippen molar-refractivity contribution in [1.82, 2.24) is 4.90 Å². The highest BCUT2D eigenvalue weighted by atomic mass is 16.5. The van der Waals surface area contributed by atoms with Crippen LogP contribution in [-0.4, -0.2) is 62.5 Å². The minimum atomic E-state index is -0.530. The Morgan fingerprint density at radius 2 is 1.92 bits per heavy atom. The molecule has 0 bridgehead atoms. The fourth-order valence-electron chi connectivity index (χ4n) is 2.90. The Morgan fingerprint density at radius 3 is 2.50 bits per heavy atom. The van der Waals surface area contributed by atoms with Gasteiger partial charge in [0.1, 0.15) is 5.75 Å². The van der Waals surface area contributed by atoms with Crippen LogP contribution in [0.2, 0.25) is 0 Å². The highest BCUT2D eigenvalue weighted by Gasteiger charge is 2.26. The Morgan fingerprint density at radius 1 is 1.25 bits per heavy atom. The van der Waals surface area contributed by atoms with E-state index in [1.54, 1.807) is 7.11 Å². The molecule has 1 heterocycles. The number of aliphatic hydroxyl groups excluding tert-OH is 1. The summed E-state index contributed by atoms with van der Waals surface area (Å²) in [6.45, 7) is 2.93. The summed E-state index contributed by atoms with van der Waals surface area (Å²) in [6.07, 6.45) is 1.04. The zero-order valence-corrected chi connectivity index (χ0v) is 14.4. The van der Waals surface area contributed by atoms with E-state index in [4.69, 9.17) is 14.2 Å². The average Bonchev–Trinajstić information content (AvgIpc) is 2.62. The average molecular weight is 337 g/mol. The van der Waals surface area contributed by atoms with Gasteiger partial charge in [-0.15, -0.1) is 0 Å². The molecule has 1 fully saturated rings. The van der Waals surface area contributed by atoms with Gasteiger partial charge in [0.25, 0.3) is 0 Å². The predicted octanol–water partition coefficient (Wildman–Crippen LogP) is 1.46. The van der Waals surface area contributed by atoms with Gasteiger partial charge in [-0.05, 0) is 43.6 Å². The van der Waals surface area contributed by atoms with Crippen molar-refractivity contribution in [3.8, 4) is 5.75 Å². The molecule has 2 rings (SSSR count). The maximum Gasteiger partial charge on any atom is 0.308 e. The monoisotopic (exact) mass is 337 g/mol. The van der Waals surface area contributed by atoms with Crippen LogP contribution >= 0.6 is 0 Å². The van der Waals surface area contributed by atoms with E-state index in [0.717, 1.165) is 37.2 Å². The van der Waals surface area contributed by atoms with Gasteiger partial charge >= 0.3 is 5.97 Å². The van der Waals surface area contributed by atoms with E-state index in [1.165, 1.54) is 7.11 Å². The molecule has 6 heteroatoms. The number of β-amino-alcohol motifs (C(OH)–C–C–N with tert-alkyl or cyclic N) is 1.